The molecule has 1 aliphatic heterocycles. The van der Waals surface area contributed by atoms with E-state index in [9.17, 15) is 9.59 Å². The highest BCUT2D eigenvalue weighted by Gasteiger charge is 2.34. The summed E-state index contributed by atoms with van der Waals surface area (Å²) in [7, 11) is 0. The number of halogens is 2. The van der Waals surface area contributed by atoms with Gasteiger partial charge in [-0.3, -0.25) is 15.0 Å². The zero-order valence-corrected chi connectivity index (χ0v) is 16.3. The lowest BCUT2D eigenvalue weighted by Gasteiger charge is -2.15. The first-order valence-electron chi connectivity index (χ1n) is 8.48. The number of benzene rings is 2. The number of hydrogen-bond acceptors (Lipinski definition) is 3. The fourth-order valence-electron chi connectivity index (χ4n) is 2.54. The average Bonchev–Trinajstić information content (AvgIpc) is 2.93. The fraction of sp³-hybridized carbons (Fsp3) is 0.200. The molecule has 0 radical (unpaired) electrons. The molecular formula is C20H18Cl2N2O3. The second kappa shape index (κ2) is 8.03. The Kier molecular flexibility index (Phi) is 5.73. The molecule has 0 aliphatic carbocycles. The maximum atomic E-state index is 12.6. The van der Waals surface area contributed by atoms with Gasteiger partial charge in [-0.1, -0.05) is 48.3 Å². The molecule has 1 fully saturated rings. The van der Waals surface area contributed by atoms with Gasteiger partial charge in [0, 0.05) is 0 Å². The first kappa shape index (κ1) is 19.3. The molecule has 2 aromatic carbocycles. The molecule has 27 heavy (non-hydrogen) atoms. The normalized spacial score (nSPS) is 16.6. The van der Waals surface area contributed by atoms with Gasteiger partial charge >= 0.3 is 0 Å². The summed E-state index contributed by atoms with van der Waals surface area (Å²) in [6.07, 6.45) is 2.24. The van der Waals surface area contributed by atoms with Gasteiger partial charge in [0.15, 0.2) is 5.75 Å². The summed E-state index contributed by atoms with van der Waals surface area (Å²) in [5.41, 5.74) is 3.67. The Morgan fingerprint density at radius 3 is 2.37 bits per heavy atom. The SMILES string of the molecule is CC[C@H](C)Oc1c(Cl)cc(/C=C2/C(=O)NN(c3ccccc3)C2=O)cc1Cl. The highest BCUT2D eigenvalue weighted by molar-refractivity contribution is 6.37. The van der Waals surface area contributed by atoms with Crippen molar-refractivity contribution in [2.75, 3.05) is 5.01 Å². The van der Waals surface area contributed by atoms with Gasteiger partial charge in [-0.15, -0.1) is 0 Å². The number of nitrogens with one attached hydrogen (secondary N) is 1. The van der Waals surface area contributed by atoms with Crippen LogP contribution in [0.5, 0.6) is 5.75 Å². The van der Waals surface area contributed by atoms with Crippen LogP contribution in [-0.4, -0.2) is 17.9 Å². The Hall–Kier alpha value is -2.50. The highest BCUT2D eigenvalue weighted by Crippen LogP contribution is 2.36. The number of rotatable bonds is 5. The quantitative estimate of drug-likeness (QED) is 0.583. The molecule has 3 rings (SSSR count). The van der Waals surface area contributed by atoms with E-state index in [0.717, 1.165) is 6.42 Å². The van der Waals surface area contributed by atoms with Gasteiger partial charge in [0.2, 0.25) is 0 Å². The number of ether oxygens (including phenoxy) is 1. The summed E-state index contributed by atoms with van der Waals surface area (Å²) in [5.74, 6) is -0.544. The minimum Gasteiger partial charge on any atom is -0.488 e. The summed E-state index contributed by atoms with van der Waals surface area (Å²) >= 11 is 12.6. The van der Waals surface area contributed by atoms with Crippen molar-refractivity contribution in [3.63, 3.8) is 0 Å². The molecule has 1 saturated heterocycles. The molecule has 0 spiro atoms. The number of carbonyl (C=O) groups excluding carboxylic acids is 2. The molecule has 0 bridgehead atoms. The average molecular weight is 405 g/mol. The van der Waals surface area contributed by atoms with Gasteiger partial charge in [-0.25, -0.2) is 5.01 Å². The fourth-order valence-corrected chi connectivity index (χ4v) is 3.14. The smallest absolute Gasteiger partial charge is 0.282 e. The second-order valence-corrected chi connectivity index (χ2v) is 6.94. The Balaban J connectivity index is 1.90. The molecular weight excluding hydrogens is 387 g/mol. The number of carbonyl (C=O) groups is 2. The van der Waals surface area contributed by atoms with E-state index in [1.807, 2.05) is 19.9 Å². The van der Waals surface area contributed by atoms with Gasteiger partial charge < -0.3 is 4.74 Å². The Morgan fingerprint density at radius 1 is 1.15 bits per heavy atom. The lowest BCUT2D eigenvalue weighted by molar-refractivity contribution is -0.117. The first-order chi connectivity index (χ1) is 12.9. The number of nitrogens with zero attached hydrogens (tertiary/aromatic N) is 1. The molecule has 2 aromatic rings. The lowest BCUT2D eigenvalue weighted by atomic mass is 10.1. The van der Waals surface area contributed by atoms with Gasteiger partial charge in [-0.2, -0.15) is 0 Å². The molecule has 1 atom stereocenters. The first-order valence-corrected chi connectivity index (χ1v) is 9.24. The molecule has 2 amide bonds. The predicted molar refractivity (Wildman–Crippen MR) is 107 cm³/mol. The van der Waals surface area contributed by atoms with Crippen molar-refractivity contribution in [1.82, 2.24) is 5.43 Å². The van der Waals surface area contributed by atoms with Crippen molar-refractivity contribution in [3.05, 3.63) is 63.6 Å². The van der Waals surface area contributed by atoms with Crippen LogP contribution in [0.3, 0.4) is 0 Å². The van der Waals surface area contributed by atoms with Crippen molar-refractivity contribution in [2.24, 2.45) is 0 Å². The third-order valence-electron chi connectivity index (χ3n) is 4.13. The summed E-state index contributed by atoms with van der Waals surface area (Å²) in [6, 6.07) is 12.1. The van der Waals surface area contributed by atoms with Crippen molar-refractivity contribution in [1.29, 1.82) is 0 Å². The summed E-state index contributed by atoms with van der Waals surface area (Å²) in [4.78, 5) is 24.9. The molecule has 0 aromatic heterocycles. The number of amides is 2. The molecule has 1 N–H and O–H groups in total. The summed E-state index contributed by atoms with van der Waals surface area (Å²) < 4.78 is 5.73. The van der Waals surface area contributed by atoms with Crippen molar-refractivity contribution in [3.8, 4) is 5.75 Å². The van der Waals surface area contributed by atoms with Gasteiger partial charge in [0.25, 0.3) is 11.8 Å². The minimum atomic E-state index is -0.490. The Bertz CT molecular complexity index is 890. The monoisotopic (exact) mass is 404 g/mol. The van der Waals surface area contributed by atoms with E-state index < -0.39 is 11.8 Å². The third kappa shape index (κ3) is 4.10. The number of anilines is 1. The standard InChI is InChI=1S/C20H18Cl2N2O3/c1-3-12(2)27-18-16(21)10-13(11-17(18)22)9-15-19(25)23-24(20(15)26)14-7-5-4-6-8-14/h4-12H,3H2,1-2H3,(H,23,25)/b15-9-/t12-/m0/s1. The number of para-hydroxylation sites is 1. The van der Waals surface area contributed by atoms with E-state index in [0.29, 0.717) is 27.0 Å². The van der Waals surface area contributed by atoms with Crippen LogP contribution in [0, 0.1) is 0 Å². The molecule has 1 aliphatic rings. The van der Waals surface area contributed by atoms with Crippen molar-refractivity contribution < 1.29 is 14.3 Å². The maximum absolute atomic E-state index is 12.6. The third-order valence-corrected chi connectivity index (χ3v) is 4.69. The van der Waals surface area contributed by atoms with Crippen LogP contribution in [0.1, 0.15) is 25.8 Å². The van der Waals surface area contributed by atoms with Crippen LogP contribution < -0.4 is 15.2 Å². The largest absolute Gasteiger partial charge is 0.488 e. The van der Waals surface area contributed by atoms with Crippen LogP contribution >= 0.6 is 23.2 Å². The van der Waals surface area contributed by atoms with Crippen molar-refractivity contribution in [2.45, 2.75) is 26.4 Å². The summed E-state index contributed by atoms with van der Waals surface area (Å²) in [5, 5.41) is 1.85. The van der Waals surface area contributed by atoms with E-state index >= 15 is 0 Å². The van der Waals surface area contributed by atoms with E-state index in [-0.39, 0.29) is 11.7 Å². The zero-order chi connectivity index (χ0) is 19.6. The Labute approximate surface area is 167 Å². The minimum absolute atomic E-state index is 0.00146. The van der Waals surface area contributed by atoms with E-state index in [1.54, 1.807) is 36.4 Å². The molecule has 1 heterocycles. The second-order valence-electron chi connectivity index (χ2n) is 6.13. The molecule has 0 unspecified atom stereocenters. The lowest BCUT2D eigenvalue weighted by Crippen LogP contribution is -2.35. The Morgan fingerprint density at radius 2 is 1.78 bits per heavy atom. The molecule has 5 nitrogen and oxygen atoms in total. The van der Waals surface area contributed by atoms with Crippen LogP contribution in [0.4, 0.5) is 5.69 Å². The summed E-state index contributed by atoms with van der Waals surface area (Å²) in [6.45, 7) is 3.91. The topological polar surface area (TPSA) is 58.6 Å². The highest BCUT2D eigenvalue weighted by atomic mass is 35.5. The van der Waals surface area contributed by atoms with Gasteiger partial charge in [0.05, 0.1) is 21.8 Å². The van der Waals surface area contributed by atoms with Gasteiger partial charge in [0.1, 0.15) is 5.57 Å². The molecule has 7 heteroatoms. The maximum Gasteiger partial charge on any atom is 0.282 e. The molecule has 140 valence electrons. The van der Waals surface area contributed by atoms with Crippen molar-refractivity contribution >= 4 is 46.8 Å². The molecule has 0 saturated carbocycles. The van der Waals surface area contributed by atoms with Crippen LogP contribution in [0.15, 0.2) is 48.0 Å². The van der Waals surface area contributed by atoms with E-state index in [2.05, 4.69) is 5.43 Å². The zero-order valence-electron chi connectivity index (χ0n) is 14.8. The van der Waals surface area contributed by atoms with E-state index in [1.165, 1.54) is 11.1 Å². The number of hydrazine groups is 1. The van der Waals surface area contributed by atoms with Crippen LogP contribution in [0.25, 0.3) is 6.08 Å². The van der Waals surface area contributed by atoms with Crippen LogP contribution in [-0.2, 0) is 9.59 Å². The van der Waals surface area contributed by atoms with E-state index in [4.69, 9.17) is 27.9 Å². The number of hydrogen-bond donors (Lipinski definition) is 1. The van der Waals surface area contributed by atoms with Gasteiger partial charge in [-0.05, 0) is 49.2 Å². The predicted octanol–water partition coefficient (Wildman–Crippen LogP) is 4.63. The van der Waals surface area contributed by atoms with Crippen LogP contribution in [0.2, 0.25) is 10.0 Å².